The van der Waals surface area contributed by atoms with Gasteiger partial charge in [0.25, 0.3) is 0 Å². The van der Waals surface area contributed by atoms with Gasteiger partial charge in [-0.25, -0.2) is 0 Å². The van der Waals surface area contributed by atoms with Crippen molar-refractivity contribution in [3.05, 3.63) is 28.2 Å². The first-order valence-electron chi connectivity index (χ1n) is 6.58. The second-order valence-corrected chi connectivity index (χ2v) is 5.72. The summed E-state index contributed by atoms with van der Waals surface area (Å²) in [4.78, 5) is 14.3. The fraction of sp³-hybridized carbons (Fsp3) is 0.500. The molecule has 104 valence electrons. The molecule has 0 aliphatic carbocycles. The van der Waals surface area contributed by atoms with Crippen molar-refractivity contribution < 1.29 is 4.79 Å². The molecule has 4 nitrogen and oxygen atoms in total. The van der Waals surface area contributed by atoms with Crippen LogP contribution in [-0.2, 0) is 4.79 Å². The third-order valence-electron chi connectivity index (χ3n) is 3.36. The van der Waals surface area contributed by atoms with E-state index in [0.29, 0.717) is 6.54 Å². The second-order valence-electron chi connectivity index (χ2n) is 4.87. The first-order valence-corrected chi connectivity index (χ1v) is 7.38. The van der Waals surface area contributed by atoms with Crippen molar-refractivity contribution in [2.24, 2.45) is 0 Å². The summed E-state index contributed by atoms with van der Waals surface area (Å²) in [5.41, 5.74) is 2.29. The Morgan fingerprint density at radius 3 is 3.00 bits per heavy atom. The molecule has 1 aromatic rings. The van der Waals surface area contributed by atoms with Crippen LogP contribution >= 0.6 is 15.9 Å². The molecule has 1 amide bonds. The van der Waals surface area contributed by atoms with Crippen LogP contribution in [0.3, 0.4) is 0 Å². The molecule has 0 spiro atoms. The maximum Gasteiger partial charge on any atom is 0.244 e. The van der Waals surface area contributed by atoms with E-state index in [9.17, 15) is 4.79 Å². The Balaban J connectivity index is 2.34. The van der Waals surface area contributed by atoms with E-state index in [4.69, 9.17) is 0 Å². The average Bonchev–Trinajstić information content (AvgIpc) is 2.54. The normalized spacial score (nSPS) is 20.1. The highest BCUT2D eigenvalue weighted by Gasteiger charge is 2.28. The summed E-state index contributed by atoms with van der Waals surface area (Å²) in [5, 5.41) is 6.08. The van der Waals surface area contributed by atoms with Gasteiger partial charge in [-0.2, -0.15) is 0 Å². The van der Waals surface area contributed by atoms with Gasteiger partial charge in [0, 0.05) is 24.1 Å². The number of anilines is 1. The largest absolute Gasteiger partial charge is 0.358 e. The van der Waals surface area contributed by atoms with Gasteiger partial charge < -0.3 is 15.5 Å². The third kappa shape index (κ3) is 3.28. The quantitative estimate of drug-likeness (QED) is 0.888. The first-order chi connectivity index (χ1) is 9.13. The third-order valence-corrected chi connectivity index (χ3v) is 4.00. The lowest BCUT2D eigenvalue weighted by atomic mass is 10.1. The van der Waals surface area contributed by atoms with Crippen molar-refractivity contribution in [3.63, 3.8) is 0 Å². The number of halogens is 1. The molecular formula is C14H20BrN3O. The van der Waals surface area contributed by atoms with Crippen LogP contribution in [0.5, 0.6) is 0 Å². The van der Waals surface area contributed by atoms with Crippen molar-refractivity contribution in [3.8, 4) is 0 Å². The molecule has 1 fully saturated rings. The summed E-state index contributed by atoms with van der Waals surface area (Å²) in [7, 11) is 1.88. The number of carbonyl (C=O) groups excluding carboxylic acids is 1. The van der Waals surface area contributed by atoms with Crippen LogP contribution in [0.25, 0.3) is 0 Å². The molecule has 1 heterocycles. The fourth-order valence-electron chi connectivity index (χ4n) is 2.41. The van der Waals surface area contributed by atoms with Crippen LogP contribution in [0.1, 0.15) is 12.0 Å². The van der Waals surface area contributed by atoms with Crippen LogP contribution in [0.15, 0.2) is 22.7 Å². The number of benzene rings is 1. The summed E-state index contributed by atoms with van der Waals surface area (Å²) in [6.45, 7) is 4.34. The van der Waals surface area contributed by atoms with Crippen LogP contribution in [-0.4, -0.2) is 38.6 Å². The molecule has 1 aromatic carbocycles. The van der Waals surface area contributed by atoms with E-state index in [1.54, 1.807) is 0 Å². The standard InChI is InChI=1S/C14H20BrN3O/c1-10-4-5-12(11(15)8-10)18-7-3-6-17-14(19)13(18)9-16-2/h4-5,8,13,16H,3,6-7,9H2,1-2H3,(H,17,19). The number of rotatable bonds is 3. The van der Waals surface area contributed by atoms with Crippen LogP contribution in [0, 0.1) is 6.92 Å². The second kappa shape index (κ2) is 6.39. The molecule has 0 bridgehead atoms. The summed E-state index contributed by atoms with van der Waals surface area (Å²) in [6.07, 6.45) is 0.965. The number of likely N-dealkylation sites (N-methyl/N-ethyl adjacent to an activating group) is 1. The minimum atomic E-state index is -0.161. The highest BCUT2D eigenvalue weighted by molar-refractivity contribution is 9.10. The highest BCUT2D eigenvalue weighted by Crippen LogP contribution is 2.29. The molecule has 0 radical (unpaired) electrons. The van der Waals surface area contributed by atoms with Gasteiger partial charge in [0.2, 0.25) is 5.91 Å². The fourth-order valence-corrected chi connectivity index (χ4v) is 3.13. The zero-order valence-electron chi connectivity index (χ0n) is 11.4. The van der Waals surface area contributed by atoms with Crippen molar-refractivity contribution >= 4 is 27.5 Å². The maximum atomic E-state index is 12.2. The summed E-state index contributed by atoms with van der Waals surface area (Å²) >= 11 is 3.61. The molecule has 5 heteroatoms. The van der Waals surface area contributed by atoms with Crippen LogP contribution in [0.4, 0.5) is 5.69 Å². The summed E-state index contributed by atoms with van der Waals surface area (Å²) in [6, 6.07) is 6.10. The van der Waals surface area contributed by atoms with Crippen molar-refractivity contribution in [1.29, 1.82) is 0 Å². The molecule has 1 unspecified atom stereocenters. The number of nitrogens with one attached hydrogen (secondary N) is 2. The van der Waals surface area contributed by atoms with Crippen molar-refractivity contribution in [1.82, 2.24) is 10.6 Å². The number of aryl methyl sites for hydroxylation is 1. The van der Waals surface area contributed by atoms with Gasteiger partial charge >= 0.3 is 0 Å². The zero-order valence-corrected chi connectivity index (χ0v) is 13.0. The van der Waals surface area contributed by atoms with Gasteiger partial charge in [0.15, 0.2) is 0 Å². The molecule has 19 heavy (non-hydrogen) atoms. The Hall–Kier alpha value is -1.07. The SMILES string of the molecule is CNCC1C(=O)NCCCN1c1ccc(C)cc1Br. The lowest BCUT2D eigenvalue weighted by Crippen LogP contribution is -2.49. The average molecular weight is 326 g/mol. The minimum absolute atomic E-state index is 0.0966. The van der Waals surface area contributed by atoms with Gasteiger partial charge in [-0.05, 0) is 54.0 Å². The Morgan fingerprint density at radius 2 is 2.32 bits per heavy atom. The molecule has 2 N–H and O–H groups in total. The predicted octanol–water partition coefficient (Wildman–Crippen LogP) is 1.67. The topological polar surface area (TPSA) is 44.4 Å². The van der Waals surface area contributed by atoms with Crippen LogP contribution in [0.2, 0.25) is 0 Å². The number of hydrogen-bond donors (Lipinski definition) is 2. The van der Waals surface area contributed by atoms with E-state index >= 15 is 0 Å². The number of nitrogens with zero attached hydrogens (tertiary/aromatic N) is 1. The van der Waals surface area contributed by atoms with Crippen molar-refractivity contribution in [2.45, 2.75) is 19.4 Å². The Labute approximate surface area is 122 Å². The maximum absolute atomic E-state index is 12.2. The molecule has 1 atom stereocenters. The summed E-state index contributed by atoms with van der Waals surface area (Å²) in [5.74, 6) is 0.0966. The molecule has 1 aliphatic heterocycles. The Bertz CT molecular complexity index is 464. The van der Waals surface area contributed by atoms with Gasteiger partial charge in [-0.1, -0.05) is 6.07 Å². The highest BCUT2D eigenvalue weighted by atomic mass is 79.9. The van der Waals surface area contributed by atoms with E-state index in [-0.39, 0.29) is 11.9 Å². The summed E-state index contributed by atoms with van der Waals surface area (Å²) < 4.78 is 1.04. The van der Waals surface area contributed by atoms with E-state index in [1.807, 2.05) is 7.05 Å². The molecule has 1 saturated heterocycles. The molecule has 2 rings (SSSR count). The monoisotopic (exact) mass is 325 g/mol. The smallest absolute Gasteiger partial charge is 0.244 e. The number of hydrogen-bond acceptors (Lipinski definition) is 3. The molecule has 1 aliphatic rings. The van der Waals surface area contributed by atoms with Crippen molar-refractivity contribution in [2.75, 3.05) is 31.6 Å². The lowest BCUT2D eigenvalue weighted by Gasteiger charge is -2.31. The van der Waals surface area contributed by atoms with Crippen LogP contribution < -0.4 is 15.5 Å². The first kappa shape index (κ1) is 14.3. The van der Waals surface area contributed by atoms with E-state index in [2.05, 4.69) is 56.6 Å². The predicted molar refractivity (Wildman–Crippen MR) is 81.6 cm³/mol. The molecular weight excluding hydrogens is 306 g/mol. The zero-order chi connectivity index (χ0) is 13.8. The van der Waals surface area contributed by atoms with E-state index in [1.165, 1.54) is 5.56 Å². The van der Waals surface area contributed by atoms with E-state index in [0.717, 1.165) is 29.7 Å². The Morgan fingerprint density at radius 1 is 1.53 bits per heavy atom. The minimum Gasteiger partial charge on any atom is -0.358 e. The Kier molecular flexibility index (Phi) is 4.82. The van der Waals surface area contributed by atoms with Gasteiger partial charge in [0.1, 0.15) is 6.04 Å². The molecule has 0 aromatic heterocycles. The van der Waals surface area contributed by atoms with E-state index < -0.39 is 0 Å². The number of amides is 1. The molecule has 0 saturated carbocycles. The van der Waals surface area contributed by atoms with Gasteiger partial charge in [-0.15, -0.1) is 0 Å². The number of carbonyl (C=O) groups is 1. The lowest BCUT2D eigenvalue weighted by molar-refractivity contribution is -0.121. The van der Waals surface area contributed by atoms with Gasteiger partial charge in [-0.3, -0.25) is 4.79 Å². The van der Waals surface area contributed by atoms with Gasteiger partial charge in [0.05, 0.1) is 5.69 Å².